The molecule has 0 spiro atoms. The summed E-state index contributed by atoms with van der Waals surface area (Å²) in [5.41, 5.74) is 2.18. The molecule has 66 valence electrons. The molecule has 2 rings (SSSR count). The lowest BCUT2D eigenvalue weighted by molar-refractivity contribution is 0.966. The highest BCUT2D eigenvalue weighted by Gasteiger charge is 2.01. The van der Waals surface area contributed by atoms with Gasteiger partial charge in [-0.1, -0.05) is 18.2 Å². The van der Waals surface area contributed by atoms with Crippen LogP contribution in [-0.2, 0) is 0 Å². The molecular weight excluding hydrogens is 162 g/mol. The maximum Gasteiger partial charge on any atom is 0.141 e. The molecule has 0 atom stereocenters. The second kappa shape index (κ2) is 3.31. The summed E-state index contributed by atoms with van der Waals surface area (Å²) in [7, 11) is 1.85. The van der Waals surface area contributed by atoms with Gasteiger partial charge >= 0.3 is 0 Å². The van der Waals surface area contributed by atoms with Gasteiger partial charge < -0.3 is 10.6 Å². The number of aliphatic imine (C=N–C) groups is 1. The summed E-state index contributed by atoms with van der Waals surface area (Å²) in [6.45, 7) is 0. The van der Waals surface area contributed by atoms with Crippen molar-refractivity contribution in [2.75, 3.05) is 12.4 Å². The van der Waals surface area contributed by atoms with Crippen molar-refractivity contribution < 1.29 is 0 Å². The third kappa shape index (κ3) is 1.54. The lowest BCUT2D eigenvalue weighted by Gasteiger charge is -2.01. The van der Waals surface area contributed by atoms with E-state index >= 15 is 0 Å². The predicted molar refractivity (Wildman–Crippen MR) is 54.8 cm³/mol. The van der Waals surface area contributed by atoms with Crippen LogP contribution in [0.4, 0.5) is 5.69 Å². The van der Waals surface area contributed by atoms with Gasteiger partial charge in [-0.15, -0.1) is 0 Å². The van der Waals surface area contributed by atoms with E-state index in [2.05, 4.69) is 15.6 Å². The van der Waals surface area contributed by atoms with E-state index in [-0.39, 0.29) is 0 Å². The Balaban J connectivity index is 2.39. The van der Waals surface area contributed by atoms with Gasteiger partial charge in [0, 0.05) is 30.7 Å². The fraction of sp³-hybridized carbons (Fsp3) is 0.100. The first-order chi connectivity index (χ1) is 6.40. The van der Waals surface area contributed by atoms with E-state index in [4.69, 9.17) is 0 Å². The first-order valence-corrected chi connectivity index (χ1v) is 4.18. The standard InChI is InChI=1S/C10H11N3/c1-11-10-7-12-9-5-3-2-4-8(9)6-13-10/h2-7,11-12H,1H3. The number of benzene rings is 1. The summed E-state index contributed by atoms with van der Waals surface area (Å²) in [6, 6.07) is 8.05. The highest BCUT2D eigenvalue weighted by molar-refractivity contribution is 5.89. The van der Waals surface area contributed by atoms with Gasteiger partial charge in [0.05, 0.1) is 0 Å². The van der Waals surface area contributed by atoms with Gasteiger partial charge in [-0.05, 0) is 6.07 Å². The molecule has 0 unspecified atom stereocenters. The maximum absolute atomic E-state index is 4.25. The summed E-state index contributed by atoms with van der Waals surface area (Å²) >= 11 is 0. The van der Waals surface area contributed by atoms with Crippen LogP contribution in [-0.4, -0.2) is 13.3 Å². The summed E-state index contributed by atoms with van der Waals surface area (Å²) in [5, 5.41) is 6.16. The van der Waals surface area contributed by atoms with Crippen molar-refractivity contribution in [3.63, 3.8) is 0 Å². The highest BCUT2D eigenvalue weighted by Crippen LogP contribution is 2.15. The number of nitrogens with zero attached hydrogens (tertiary/aromatic N) is 1. The molecule has 3 nitrogen and oxygen atoms in total. The fourth-order valence-corrected chi connectivity index (χ4v) is 1.20. The third-order valence-corrected chi connectivity index (χ3v) is 1.92. The van der Waals surface area contributed by atoms with E-state index in [1.165, 1.54) is 0 Å². The van der Waals surface area contributed by atoms with Crippen molar-refractivity contribution in [1.29, 1.82) is 0 Å². The molecule has 0 saturated heterocycles. The Hall–Kier alpha value is -1.77. The van der Waals surface area contributed by atoms with Gasteiger partial charge in [0.25, 0.3) is 0 Å². The van der Waals surface area contributed by atoms with Gasteiger partial charge in [-0.25, -0.2) is 4.99 Å². The van der Waals surface area contributed by atoms with E-state index < -0.39 is 0 Å². The van der Waals surface area contributed by atoms with Gasteiger partial charge in [0.2, 0.25) is 0 Å². The minimum Gasteiger partial charge on any atom is -0.372 e. The molecule has 1 aromatic carbocycles. The van der Waals surface area contributed by atoms with Crippen molar-refractivity contribution in [1.82, 2.24) is 5.32 Å². The second-order valence-electron chi connectivity index (χ2n) is 2.77. The van der Waals surface area contributed by atoms with E-state index in [1.54, 1.807) is 0 Å². The van der Waals surface area contributed by atoms with Gasteiger partial charge in [0.15, 0.2) is 0 Å². The average molecular weight is 173 g/mol. The van der Waals surface area contributed by atoms with Crippen molar-refractivity contribution >= 4 is 11.9 Å². The van der Waals surface area contributed by atoms with Crippen LogP contribution in [0, 0.1) is 0 Å². The summed E-state index contributed by atoms with van der Waals surface area (Å²) in [4.78, 5) is 4.25. The van der Waals surface area contributed by atoms with E-state index in [0.717, 1.165) is 17.1 Å². The predicted octanol–water partition coefficient (Wildman–Crippen LogP) is 1.55. The number of para-hydroxylation sites is 1. The summed E-state index contributed by atoms with van der Waals surface area (Å²) < 4.78 is 0. The molecule has 1 aromatic rings. The molecule has 0 fully saturated rings. The van der Waals surface area contributed by atoms with Crippen LogP contribution in [0.1, 0.15) is 5.56 Å². The zero-order chi connectivity index (χ0) is 9.10. The lowest BCUT2D eigenvalue weighted by Crippen LogP contribution is -2.04. The van der Waals surface area contributed by atoms with Crippen LogP contribution in [0.15, 0.2) is 41.3 Å². The lowest BCUT2D eigenvalue weighted by atomic mass is 10.2. The number of anilines is 1. The van der Waals surface area contributed by atoms with Gasteiger partial charge in [-0.2, -0.15) is 0 Å². The fourth-order valence-electron chi connectivity index (χ4n) is 1.20. The number of nitrogens with one attached hydrogen (secondary N) is 2. The van der Waals surface area contributed by atoms with E-state index in [0.29, 0.717) is 0 Å². The monoisotopic (exact) mass is 173 g/mol. The van der Waals surface area contributed by atoms with E-state index in [9.17, 15) is 0 Å². The van der Waals surface area contributed by atoms with Crippen LogP contribution in [0.5, 0.6) is 0 Å². The highest BCUT2D eigenvalue weighted by atomic mass is 15.0. The molecule has 3 heteroatoms. The van der Waals surface area contributed by atoms with Crippen molar-refractivity contribution in [2.24, 2.45) is 4.99 Å². The number of hydrogen-bond donors (Lipinski definition) is 2. The van der Waals surface area contributed by atoms with Crippen molar-refractivity contribution in [2.45, 2.75) is 0 Å². The molecule has 13 heavy (non-hydrogen) atoms. The molecule has 1 heterocycles. The second-order valence-corrected chi connectivity index (χ2v) is 2.77. The van der Waals surface area contributed by atoms with Gasteiger partial charge in [-0.3, -0.25) is 0 Å². The molecule has 0 bridgehead atoms. The topological polar surface area (TPSA) is 36.4 Å². The van der Waals surface area contributed by atoms with Crippen molar-refractivity contribution in [3.05, 3.63) is 41.8 Å². The Labute approximate surface area is 77.2 Å². The Morgan fingerprint density at radius 1 is 1.31 bits per heavy atom. The maximum atomic E-state index is 4.25. The third-order valence-electron chi connectivity index (χ3n) is 1.92. The Bertz CT molecular complexity index is 366. The van der Waals surface area contributed by atoms with Gasteiger partial charge in [0.1, 0.15) is 5.82 Å². The Morgan fingerprint density at radius 2 is 2.15 bits per heavy atom. The molecule has 0 aliphatic carbocycles. The first-order valence-electron chi connectivity index (χ1n) is 4.18. The molecule has 1 aliphatic heterocycles. The quantitative estimate of drug-likeness (QED) is 0.676. The summed E-state index contributed by atoms with van der Waals surface area (Å²) in [6.07, 6.45) is 3.69. The zero-order valence-electron chi connectivity index (χ0n) is 7.41. The molecule has 0 amide bonds. The first kappa shape index (κ1) is 7.86. The summed E-state index contributed by atoms with van der Waals surface area (Å²) in [5.74, 6) is 0.830. The molecule has 1 aliphatic rings. The number of fused-ring (bicyclic) bond motifs is 1. The molecule has 0 saturated carbocycles. The normalized spacial score (nSPS) is 13.8. The van der Waals surface area contributed by atoms with Crippen LogP contribution in [0.3, 0.4) is 0 Å². The van der Waals surface area contributed by atoms with E-state index in [1.807, 2.05) is 43.7 Å². The van der Waals surface area contributed by atoms with Crippen molar-refractivity contribution in [3.8, 4) is 0 Å². The van der Waals surface area contributed by atoms with Crippen LogP contribution in [0.25, 0.3) is 0 Å². The SMILES string of the molecule is CNC1=CNc2ccccc2C=N1. The van der Waals surface area contributed by atoms with Crippen LogP contribution >= 0.6 is 0 Å². The number of hydrogen-bond acceptors (Lipinski definition) is 3. The minimum atomic E-state index is 0.830. The molecular formula is C10H11N3. The molecule has 2 N–H and O–H groups in total. The van der Waals surface area contributed by atoms with Crippen LogP contribution in [0.2, 0.25) is 0 Å². The average Bonchev–Trinajstić information content (AvgIpc) is 2.39. The zero-order valence-corrected chi connectivity index (χ0v) is 7.41. The smallest absolute Gasteiger partial charge is 0.141 e. The minimum absolute atomic E-state index is 0.830. The van der Waals surface area contributed by atoms with Crippen LogP contribution < -0.4 is 10.6 Å². The largest absolute Gasteiger partial charge is 0.372 e. The molecule has 0 radical (unpaired) electrons. The molecule has 0 aromatic heterocycles. The Morgan fingerprint density at radius 3 is 3.00 bits per heavy atom. The Kier molecular flexibility index (Phi) is 2.00. The number of rotatable bonds is 1.